The number of hydrazone groups is 1. The molecule has 0 unspecified atom stereocenters. The second-order valence-electron chi connectivity index (χ2n) is 5.63. The third-order valence-electron chi connectivity index (χ3n) is 3.72. The van der Waals surface area contributed by atoms with Crippen LogP contribution in [0, 0.1) is 0 Å². The first-order chi connectivity index (χ1) is 13.7. The van der Waals surface area contributed by atoms with E-state index >= 15 is 0 Å². The van der Waals surface area contributed by atoms with E-state index in [1.165, 1.54) is 12.4 Å². The van der Waals surface area contributed by atoms with Gasteiger partial charge in [-0.1, -0.05) is 0 Å². The van der Waals surface area contributed by atoms with Crippen molar-refractivity contribution in [1.82, 2.24) is 10.4 Å². The molecule has 0 aliphatic carbocycles. The molecule has 140 valence electrons. The van der Waals surface area contributed by atoms with Crippen molar-refractivity contribution in [2.24, 2.45) is 5.10 Å². The van der Waals surface area contributed by atoms with E-state index in [-0.39, 0.29) is 5.91 Å². The molecule has 0 saturated carbocycles. The van der Waals surface area contributed by atoms with Crippen LogP contribution < -0.4 is 14.9 Å². The molecule has 0 fully saturated rings. The van der Waals surface area contributed by atoms with Crippen LogP contribution in [-0.4, -0.2) is 30.2 Å². The minimum atomic E-state index is -0.465. The van der Waals surface area contributed by atoms with Crippen molar-refractivity contribution in [2.75, 3.05) is 7.11 Å². The lowest BCUT2D eigenvalue weighted by molar-refractivity contribution is 0.0734. The highest BCUT2D eigenvalue weighted by atomic mass is 16.5. The molecule has 1 aromatic heterocycles. The normalized spacial score (nSPS) is 10.5. The average Bonchev–Trinajstić information content (AvgIpc) is 2.75. The predicted molar refractivity (Wildman–Crippen MR) is 104 cm³/mol. The van der Waals surface area contributed by atoms with Gasteiger partial charge in [-0.05, 0) is 66.2 Å². The number of nitrogens with one attached hydrogen (secondary N) is 1. The fourth-order valence-corrected chi connectivity index (χ4v) is 2.24. The molecule has 0 atom stereocenters. The molecule has 2 aromatic carbocycles. The van der Waals surface area contributed by atoms with Gasteiger partial charge < -0.3 is 9.47 Å². The Morgan fingerprint density at radius 3 is 2.32 bits per heavy atom. The molecule has 7 nitrogen and oxygen atoms in total. The largest absolute Gasteiger partial charge is 0.497 e. The van der Waals surface area contributed by atoms with Crippen molar-refractivity contribution in [1.29, 1.82) is 0 Å². The van der Waals surface area contributed by atoms with E-state index in [4.69, 9.17) is 9.47 Å². The first-order valence-electron chi connectivity index (χ1n) is 8.35. The van der Waals surface area contributed by atoms with Gasteiger partial charge in [0.2, 0.25) is 0 Å². The third kappa shape index (κ3) is 5.01. The Labute approximate surface area is 161 Å². The van der Waals surface area contributed by atoms with Gasteiger partial charge in [0.15, 0.2) is 0 Å². The van der Waals surface area contributed by atoms with Gasteiger partial charge in [-0.15, -0.1) is 0 Å². The number of hydrogen-bond donors (Lipinski definition) is 1. The van der Waals surface area contributed by atoms with E-state index in [1.54, 1.807) is 74.0 Å². The molecular weight excluding hydrogens is 358 g/mol. The van der Waals surface area contributed by atoms with Crippen LogP contribution in [0.4, 0.5) is 0 Å². The smallest absolute Gasteiger partial charge is 0.343 e. The minimum Gasteiger partial charge on any atom is -0.497 e. The molecule has 28 heavy (non-hydrogen) atoms. The molecule has 1 N–H and O–H groups in total. The van der Waals surface area contributed by atoms with Gasteiger partial charge in [-0.25, -0.2) is 10.2 Å². The highest BCUT2D eigenvalue weighted by molar-refractivity contribution is 5.94. The number of esters is 1. The molecule has 3 aromatic rings. The fraction of sp³-hybridized carbons (Fsp3) is 0.0476. The van der Waals surface area contributed by atoms with Crippen LogP contribution in [0.25, 0.3) is 0 Å². The van der Waals surface area contributed by atoms with Crippen LogP contribution in [0.2, 0.25) is 0 Å². The zero-order valence-electron chi connectivity index (χ0n) is 15.0. The molecule has 0 bridgehead atoms. The number of ether oxygens (including phenoxy) is 2. The number of carbonyl (C=O) groups excluding carboxylic acids is 2. The number of amides is 1. The number of hydrogen-bond acceptors (Lipinski definition) is 6. The summed E-state index contributed by atoms with van der Waals surface area (Å²) in [6, 6.07) is 16.7. The van der Waals surface area contributed by atoms with Crippen LogP contribution in [0.1, 0.15) is 26.3 Å². The Morgan fingerprint density at radius 2 is 1.68 bits per heavy atom. The summed E-state index contributed by atoms with van der Waals surface area (Å²) in [5, 5.41) is 3.90. The maximum Gasteiger partial charge on any atom is 0.343 e. The predicted octanol–water partition coefficient (Wildman–Crippen LogP) is 3.07. The van der Waals surface area contributed by atoms with Crippen molar-refractivity contribution >= 4 is 18.1 Å². The van der Waals surface area contributed by atoms with Crippen molar-refractivity contribution in [3.63, 3.8) is 0 Å². The Bertz CT molecular complexity index is 969. The summed E-state index contributed by atoms with van der Waals surface area (Å²) < 4.78 is 10.4. The highest BCUT2D eigenvalue weighted by Gasteiger charge is 2.08. The molecule has 3 rings (SSSR count). The number of methoxy groups -OCH3 is 1. The number of benzene rings is 2. The Kier molecular flexibility index (Phi) is 6.10. The lowest BCUT2D eigenvalue weighted by Gasteiger charge is -2.05. The van der Waals surface area contributed by atoms with Gasteiger partial charge in [0, 0.05) is 12.4 Å². The summed E-state index contributed by atoms with van der Waals surface area (Å²) in [6.45, 7) is 0. The third-order valence-corrected chi connectivity index (χ3v) is 3.72. The minimum absolute atomic E-state index is 0.352. The Balaban J connectivity index is 1.55. The molecule has 0 aliphatic heterocycles. The fourth-order valence-electron chi connectivity index (χ4n) is 2.24. The quantitative estimate of drug-likeness (QED) is 0.309. The van der Waals surface area contributed by atoms with E-state index in [0.717, 1.165) is 5.56 Å². The summed E-state index contributed by atoms with van der Waals surface area (Å²) >= 11 is 0. The maximum absolute atomic E-state index is 12.1. The zero-order valence-corrected chi connectivity index (χ0v) is 15.0. The number of nitrogens with zero attached hydrogens (tertiary/aromatic N) is 2. The summed E-state index contributed by atoms with van der Waals surface area (Å²) in [6.07, 6.45) is 4.53. The van der Waals surface area contributed by atoms with Gasteiger partial charge >= 0.3 is 5.97 Å². The van der Waals surface area contributed by atoms with Gasteiger partial charge in [-0.3, -0.25) is 9.78 Å². The monoisotopic (exact) mass is 375 g/mol. The van der Waals surface area contributed by atoms with Crippen LogP contribution in [0.3, 0.4) is 0 Å². The van der Waals surface area contributed by atoms with E-state index in [9.17, 15) is 9.59 Å². The van der Waals surface area contributed by atoms with Gasteiger partial charge in [0.25, 0.3) is 5.91 Å². The van der Waals surface area contributed by atoms with Crippen LogP contribution in [0.5, 0.6) is 11.5 Å². The number of rotatable bonds is 6. The van der Waals surface area contributed by atoms with E-state index < -0.39 is 5.97 Å². The van der Waals surface area contributed by atoms with Crippen LogP contribution in [-0.2, 0) is 0 Å². The molecule has 0 radical (unpaired) electrons. The second kappa shape index (κ2) is 9.09. The molecule has 1 amide bonds. The number of pyridine rings is 1. The van der Waals surface area contributed by atoms with E-state index in [2.05, 4.69) is 15.5 Å². The lowest BCUT2D eigenvalue weighted by Crippen LogP contribution is -2.17. The van der Waals surface area contributed by atoms with Crippen LogP contribution >= 0.6 is 0 Å². The van der Waals surface area contributed by atoms with Crippen LogP contribution in [0.15, 0.2) is 78.2 Å². The zero-order chi connectivity index (χ0) is 19.8. The summed E-state index contributed by atoms with van der Waals surface area (Å²) in [7, 11) is 1.56. The van der Waals surface area contributed by atoms with Gasteiger partial charge in [0.05, 0.1) is 24.5 Å². The molecule has 0 spiro atoms. The lowest BCUT2D eigenvalue weighted by atomic mass is 10.2. The number of carbonyl (C=O) groups is 2. The molecule has 1 heterocycles. The van der Waals surface area contributed by atoms with Crippen molar-refractivity contribution in [3.8, 4) is 11.5 Å². The standard InChI is InChI=1S/C21H17N3O4/c1-27-18-10-6-16(7-11-18)21(26)28-19-8-4-15(5-9-19)13-23-24-20(25)17-3-2-12-22-14-17/h2-14H,1H3,(H,24,25)/b23-13-. The van der Waals surface area contributed by atoms with E-state index in [1.807, 2.05) is 0 Å². The van der Waals surface area contributed by atoms with Crippen molar-refractivity contribution in [2.45, 2.75) is 0 Å². The Hall–Kier alpha value is -4.00. The molecule has 0 aliphatic rings. The first kappa shape index (κ1) is 18.8. The first-order valence-corrected chi connectivity index (χ1v) is 8.35. The second-order valence-corrected chi connectivity index (χ2v) is 5.63. The SMILES string of the molecule is COc1ccc(C(=O)Oc2ccc(/C=N\NC(=O)c3cccnc3)cc2)cc1. The summed E-state index contributed by atoms with van der Waals surface area (Å²) in [5.74, 6) is 0.246. The van der Waals surface area contributed by atoms with Gasteiger partial charge in [-0.2, -0.15) is 5.10 Å². The van der Waals surface area contributed by atoms with Gasteiger partial charge in [0.1, 0.15) is 11.5 Å². The van der Waals surface area contributed by atoms with Crippen molar-refractivity contribution < 1.29 is 19.1 Å². The van der Waals surface area contributed by atoms with Crippen molar-refractivity contribution in [3.05, 3.63) is 89.7 Å². The topological polar surface area (TPSA) is 89.9 Å². The number of aromatic nitrogens is 1. The van der Waals surface area contributed by atoms with E-state index in [0.29, 0.717) is 22.6 Å². The molecule has 0 saturated heterocycles. The molecule has 7 heteroatoms. The summed E-state index contributed by atoms with van der Waals surface area (Å²) in [5.41, 5.74) is 3.99. The average molecular weight is 375 g/mol. The highest BCUT2D eigenvalue weighted by Crippen LogP contribution is 2.16. The Morgan fingerprint density at radius 1 is 0.964 bits per heavy atom. The molecular formula is C21H17N3O4. The maximum atomic E-state index is 12.1. The summed E-state index contributed by atoms with van der Waals surface area (Å²) in [4.78, 5) is 27.9.